The molecule has 0 saturated carbocycles. The predicted octanol–water partition coefficient (Wildman–Crippen LogP) is 4.67. The molecule has 0 unspecified atom stereocenters. The van der Waals surface area contributed by atoms with Crippen molar-refractivity contribution in [2.24, 2.45) is 5.73 Å². The molecule has 0 aliphatic carbocycles. The van der Waals surface area contributed by atoms with E-state index in [-0.39, 0.29) is 0 Å². The number of ether oxygens (including phenoxy) is 1. The molecule has 0 atom stereocenters. The van der Waals surface area contributed by atoms with Crippen molar-refractivity contribution in [3.8, 4) is 22.4 Å². The highest BCUT2D eigenvalue weighted by atomic mass is 35.5. The van der Waals surface area contributed by atoms with Gasteiger partial charge >= 0.3 is 0 Å². The number of aromatic nitrogens is 3. The van der Waals surface area contributed by atoms with Crippen LogP contribution in [-0.4, -0.2) is 40.7 Å². The van der Waals surface area contributed by atoms with Crippen molar-refractivity contribution < 1.29 is 4.74 Å². The first-order chi connectivity index (χ1) is 15.1. The van der Waals surface area contributed by atoms with E-state index in [4.69, 9.17) is 33.7 Å². The van der Waals surface area contributed by atoms with Gasteiger partial charge in [0.1, 0.15) is 11.5 Å². The molecule has 0 radical (unpaired) electrons. The fourth-order valence-corrected chi connectivity index (χ4v) is 4.45. The maximum Gasteiger partial charge on any atom is 0.137 e. The lowest BCUT2D eigenvalue weighted by Gasteiger charge is -2.28. The average Bonchev–Trinajstić information content (AvgIpc) is 3.22. The Bertz CT molecular complexity index is 1250. The molecule has 0 bridgehead atoms. The van der Waals surface area contributed by atoms with E-state index < -0.39 is 0 Å². The van der Waals surface area contributed by atoms with Gasteiger partial charge in [-0.3, -0.25) is 4.40 Å². The third-order valence-corrected chi connectivity index (χ3v) is 6.10. The van der Waals surface area contributed by atoms with Gasteiger partial charge in [0, 0.05) is 58.8 Å². The zero-order valence-corrected chi connectivity index (χ0v) is 18.3. The first-order valence-corrected chi connectivity index (χ1v) is 10.8. The average molecular weight is 454 g/mol. The molecule has 5 rings (SSSR count). The summed E-state index contributed by atoms with van der Waals surface area (Å²) in [5, 5.41) is 1.18. The Balaban J connectivity index is 1.62. The highest BCUT2D eigenvalue weighted by molar-refractivity contribution is 6.36. The molecule has 1 aliphatic heterocycles. The first-order valence-electron chi connectivity index (χ1n) is 10.1. The summed E-state index contributed by atoms with van der Waals surface area (Å²) in [7, 11) is 0. The van der Waals surface area contributed by atoms with Gasteiger partial charge in [-0.25, -0.2) is 9.97 Å². The topological polar surface area (TPSA) is 68.7 Å². The van der Waals surface area contributed by atoms with Crippen LogP contribution in [0.5, 0.6) is 0 Å². The van der Waals surface area contributed by atoms with Crippen LogP contribution < -0.4 is 10.6 Å². The number of fused-ring (bicyclic) bond motifs is 1. The van der Waals surface area contributed by atoms with Gasteiger partial charge in [-0.1, -0.05) is 29.3 Å². The molecule has 1 saturated heterocycles. The standard InChI is InChI=1S/C23H21Cl2N5O/c24-17-1-2-18(20(25)11-17)19-14-30-21(13-28-23(30)10-16(19)12-26)15-3-4-27-22(9-15)29-5-7-31-8-6-29/h1-4,9-11,13-14H,5-8,12,26H2. The molecule has 1 fully saturated rings. The second-order valence-electron chi connectivity index (χ2n) is 7.41. The Labute approximate surface area is 190 Å². The van der Waals surface area contributed by atoms with Crippen molar-refractivity contribution in [3.05, 3.63) is 70.6 Å². The number of hydrogen-bond donors (Lipinski definition) is 1. The normalized spacial score (nSPS) is 14.4. The summed E-state index contributed by atoms with van der Waals surface area (Å²) in [5.74, 6) is 0.940. The largest absolute Gasteiger partial charge is 0.378 e. The Morgan fingerprint density at radius 1 is 1.00 bits per heavy atom. The van der Waals surface area contributed by atoms with Crippen LogP contribution in [0.4, 0.5) is 5.82 Å². The summed E-state index contributed by atoms with van der Waals surface area (Å²) in [5.41, 5.74) is 11.7. The number of benzene rings is 1. The van der Waals surface area contributed by atoms with Gasteiger partial charge in [-0.05, 0) is 35.9 Å². The molecular formula is C23H21Cl2N5O. The summed E-state index contributed by atoms with van der Waals surface area (Å²) < 4.78 is 7.53. The molecule has 6 nitrogen and oxygen atoms in total. The SMILES string of the molecule is NCc1cc2ncc(-c3ccnc(N4CCOCC4)c3)n2cc1-c1ccc(Cl)cc1Cl. The van der Waals surface area contributed by atoms with E-state index in [2.05, 4.69) is 25.3 Å². The van der Waals surface area contributed by atoms with Crippen LogP contribution in [0.25, 0.3) is 28.0 Å². The lowest BCUT2D eigenvalue weighted by atomic mass is 10.0. The number of hydrogen-bond acceptors (Lipinski definition) is 5. The zero-order chi connectivity index (χ0) is 21.4. The maximum absolute atomic E-state index is 6.51. The van der Waals surface area contributed by atoms with Crippen molar-refractivity contribution in [2.75, 3.05) is 31.2 Å². The Kier molecular flexibility index (Phi) is 5.54. The van der Waals surface area contributed by atoms with E-state index in [1.807, 2.05) is 42.9 Å². The van der Waals surface area contributed by atoms with Crippen molar-refractivity contribution >= 4 is 34.7 Å². The third-order valence-electron chi connectivity index (χ3n) is 5.55. The van der Waals surface area contributed by atoms with E-state index >= 15 is 0 Å². The van der Waals surface area contributed by atoms with E-state index in [1.165, 1.54) is 0 Å². The number of morpholine rings is 1. The monoisotopic (exact) mass is 453 g/mol. The third kappa shape index (κ3) is 3.88. The van der Waals surface area contributed by atoms with Crippen LogP contribution in [0, 0.1) is 0 Å². The first kappa shape index (κ1) is 20.3. The van der Waals surface area contributed by atoms with Crippen LogP contribution in [-0.2, 0) is 11.3 Å². The van der Waals surface area contributed by atoms with Gasteiger partial charge in [0.15, 0.2) is 0 Å². The summed E-state index contributed by atoms with van der Waals surface area (Å²) in [6.45, 7) is 3.48. The molecule has 0 spiro atoms. The fraction of sp³-hybridized carbons (Fsp3) is 0.217. The summed E-state index contributed by atoms with van der Waals surface area (Å²) in [6.07, 6.45) is 5.76. The van der Waals surface area contributed by atoms with E-state index in [0.717, 1.165) is 52.5 Å². The molecule has 4 aromatic rings. The maximum atomic E-state index is 6.51. The molecule has 2 N–H and O–H groups in total. The summed E-state index contributed by atoms with van der Waals surface area (Å²) >= 11 is 12.6. The second kappa shape index (κ2) is 8.48. The Morgan fingerprint density at radius 3 is 2.61 bits per heavy atom. The predicted molar refractivity (Wildman–Crippen MR) is 125 cm³/mol. The molecule has 31 heavy (non-hydrogen) atoms. The molecule has 3 aromatic heterocycles. The molecule has 1 aromatic carbocycles. The number of rotatable bonds is 4. The van der Waals surface area contributed by atoms with Crippen molar-refractivity contribution in [1.29, 1.82) is 0 Å². The van der Waals surface area contributed by atoms with Gasteiger partial charge in [-0.2, -0.15) is 0 Å². The molecule has 0 amide bonds. The second-order valence-corrected chi connectivity index (χ2v) is 8.26. The molecule has 158 valence electrons. The molecule has 1 aliphatic rings. The van der Waals surface area contributed by atoms with Crippen LogP contribution in [0.2, 0.25) is 10.0 Å². The van der Waals surface area contributed by atoms with Crippen molar-refractivity contribution in [3.63, 3.8) is 0 Å². The van der Waals surface area contributed by atoms with Crippen LogP contribution >= 0.6 is 23.2 Å². The highest BCUT2D eigenvalue weighted by Crippen LogP contribution is 2.34. The van der Waals surface area contributed by atoms with E-state index in [1.54, 1.807) is 6.07 Å². The number of pyridine rings is 2. The van der Waals surface area contributed by atoms with Gasteiger partial charge in [-0.15, -0.1) is 0 Å². The minimum absolute atomic E-state index is 0.378. The quantitative estimate of drug-likeness (QED) is 0.486. The number of anilines is 1. The number of halogens is 2. The molecular weight excluding hydrogens is 433 g/mol. The zero-order valence-electron chi connectivity index (χ0n) is 16.8. The lowest BCUT2D eigenvalue weighted by molar-refractivity contribution is 0.122. The number of nitrogens with two attached hydrogens (primary N) is 1. The molecule has 4 heterocycles. The minimum Gasteiger partial charge on any atom is -0.378 e. The van der Waals surface area contributed by atoms with Crippen LogP contribution in [0.3, 0.4) is 0 Å². The minimum atomic E-state index is 0.378. The van der Waals surface area contributed by atoms with Crippen LogP contribution in [0.15, 0.2) is 55.0 Å². The number of imidazole rings is 1. The highest BCUT2D eigenvalue weighted by Gasteiger charge is 2.16. The summed E-state index contributed by atoms with van der Waals surface area (Å²) in [6, 6.07) is 11.6. The smallest absolute Gasteiger partial charge is 0.137 e. The van der Waals surface area contributed by atoms with Gasteiger partial charge in [0.2, 0.25) is 0 Å². The Hall–Kier alpha value is -2.64. The van der Waals surface area contributed by atoms with Gasteiger partial charge < -0.3 is 15.4 Å². The number of nitrogens with zero attached hydrogens (tertiary/aromatic N) is 4. The van der Waals surface area contributed by atoms with Crippen LogP contribution in [0.1, 0.15) is 5.56 Å². The van der Waals surface area contributed by atoms with E-state index in [9.17, 15) is 0 Å². The molecule has 8 heteroatoms. The van der Waals surface area contributed by atoms with Crippen molar-refractivity contribution in [1.82, 2.24) is 14.4 Å². The fourth-order valence-electron chi connectivity index (χ4n) is 3.94. The van der Waals surface area contributed by atoms with Crippen molar-refractivity contribution in [2.45, 2.75) is 6.54 Å². The van der Waals surface area contributed by atoms with Gasteiger partial charge in [0.25, 0.3) is 0 Å². The van der Waals surface area contributed by atoms with E-state index in [0.29, 0.717) is 29.8 Å². The lowest BCUT2D eigenvalue weighted by Crippen LogP contribution is -2.36. The summed E-state index contributed by atoms with van der Waals surface area (Å²) in [4.78, 5) is 11.4. The van der Waals surface area contributed by atoms with Gasteiger partial charge in [0.05, 0.1) is 25.1 Å². The Morgan fingerprint density at radius 2 is 1.84 bits per heavy atom.